The lowest BCUT2D eigenvalue weighted by atomic mass is 9.97. The molecule has 0 aliphatic rings. The van der Waals surface area contributed by atoms with Crippen LogP contribution in [0, 0.1) is 19.7 Å². The fourth-order valence-electron chi connectivity index (χ4n) is 7.61. The van der Waals surface area contributed by atoms with Crippen LogP contribution in [-0.4, -0.2) is 53.8 Å². The van der Waals surface area contributed by atoms with Gasteiger partial charge in [0.2, 0.25) is 0 Å². The standard InChI is InChI=1S/C46H38ClFN6O7/c1-27-33(23-29-7-11-31(12-8-29)53-21-5-19-49-53)45(57)51(3)43-35(47)15-17-37(41(27)43)59-25-39(55)61-40(56)26-60-38-18-16-36(48)44-42(38)28(2)34(46(58)52(44)4)24-30-9-13-32(14-10-30)54-22-6-20-50-54/h5-22H,23-26H2,1-4H3. The molecule has 8 aromatic rings. The summed E-state index contributed by atoms with van der Waals surface area (Å²) in [4.78, 5) is 53.1. The molecule has 8 rings (SSSR count). The molecule has 0 aliphatic carbocycles. The summed E-state index contributed by atoms with van der Waals surface area (Å²) >= 11 is 6.60. The molecule has 0 unspecified atom stereocenters. The number of benzene rings is 4. The van der Waals surface area contributed by atoms with Crippen LogP contribution in [0.25, 0.3) is 33.2 Å². The van der Waals surface area contributed by atoms with Gasteiger partial charge >= 0.3 is 11.9 Å². The number of nitrogens with zero attached hydrogens (tertiary/aromatic N) is 6. The van der Waals surface area contributed by atoms with E-state index >= 15 is 4.39 Å². The number of pyridine rings is 2. The van der Waals surface area contributed by atoms with Gasteiger partial charge in [0.25, 0.3) is 11.1 Å². The molecular formula is C46H38ClFN6O7. The molecule has 4 heterocycles. The Bertz CT molecular complexity index is 2880. The number of hydrogen-bond donors (Lipinski definition) is 0. The number of rotatable bonds is 12. The Morgan fingerprint density at radius 3 is 1.54 bits per heavy atom. The molecule has 0 atom stereocenters. The molecule has 61 heavy (non-hydrogen) atoms. The lowest BCUT2D eigenvalue weighted by molar-refractivity contribution is -0.162. The van der Waals surface area contributed by atoms with Crippen molar-refractivity contribution in [2.24, 2.45) is 14.1 Å². The van der Waals surface area contributed by atoms with Gasteiger partial charge in [-0.1, -0.05) is 35.9 Å². The molecule has 0 fully saturated rings. The van der Waals surface area contributed by atoms with Crippen molar-refractivity contribution in [2.75, 3.05) is 13.2 Å². The Hall–Kier alpha value is -7.32. The summed E-state index contributed by atoms with van der Waals surface area (Å²) in [6, 6.07) is 24.6. The van der Waals surface area contributed by atoms with Crippen LogP contribution in [0.4, 0.5) is 4.39 Å². The number of hydrogen-bond acceptors (Lipinski definition) is 9. The van der Waals surface area contributed by atoms with Crippen molar-refractivity contribution in [3.8, 4) is 22.9 Å². The maximum Gasteiger partial charge on any atom is 0.351 e. The van der Waals surface area contributed by atoms with Gasteiger partial charge in [-0.15, -0.1) is 0 Å². The number of ether oxygens (including phenoxy) is 3. The average molecular weight is 841 g/mol. The maximum absolute atomic E-state index is 15.3. The van der Waals surface area contributed by atoms with E-state index in [9.17, 15) is 19.2 Å². The fourth-order valence-corrected chi connectivity index (χ4v) is 7.89. The predicted octanol–water partition coefficient (Wildman–Crippen LogP) is 6.88. The number of carbonyl (C=O) groups excluding carboxylic acids is 2. The van der Waals surface area contributed by atoms with Crippen molar-refractivity contribution in [3.63, 3.8) is 0 Å². The first-order chi connectivity index (χ1) is 29.4. The molecular weight excluding hydrogens is 803 g/mol. The van der Waals surface area contributed by atoms with E-state index in [1.807, 2.05) is 73.1 Å². The van der Waals surface area contributed by atoms with Crippen LogP contribution < -0.4 is 20.6 Å². The lowest BCUT2D eigenvalue weighted by Gasteiger charge is -2.18. The van der Waals surface area contributed by atoms with E-state index in [0.29, 0.717) is 50.0 Å². The minimum absolute atomic E-state index is 0.00469. The molecule has 4 aromatic carbocycles. The SMILES string of the molecule is Cc1c(Cc2ccc(-n3cccn3)cc2)c(=O)n(C)c2c(F)ccc(OCC(=O)OC(=O)COc3ccc(Cl)c4c3c(C)c(Cc3ccc(-n5cccn5)cc3)c(=O)n4C)c12. The quantitative estimate of drug-likeness (QED) is 0.0951. The Morgan fingerprint density at radius 2 is 1.08 bits per heavy atom. The first-order valence-electron chi connectivity index (χ1n) is 19.2. The molecule has 4 aromatic heterocycles. The molecule has 308 valence electrons. The van der Waals surface area contributed by atoms with E-state index in [0.717, 1.165) is 28.6 Å². The molecule has 0 amide bonds. The summed E-state index contributed by atoms with van der Waals surface area (Å²) in [6.07, 6.45) is 7.61. The van der Waals surface area contributed by atoms with Gasteiger partial charge < -0.3 is 23.3 Å². The molecule has 0 aliphatic heterocycles. The third-order valence-corrected chi connectivity index (χ3v) is 11.0. The summed E-state index contributed by atoms with van der Waals surface area (Å²) in [5.74, 6) is -2.29. The fraction of sp³-hybridized carbons (Fsp3) is 0.174. The van der Waals surface area contributed by atoms with Gasteiger partial charge in [-0.3, -0.25) is 9.59 Å². The maximum atomic E-state index is 15.3. The molecule has 0 saturated heterocycles. The number of halogens is 2. The van der Waals surface area contributed by atoms with Crippen LogP contribution in [-0.2, 0) is 41.3 Å². The van der Waals surface area contributed by atoms with Crippen molar-refractivity contribution in [1.29, 1.82) is 0 Å². The molecule has 0 N–H and O–H groups in total. The van der Waals surface area contributed by atoms with Crippen molar-refractivity contribution in [3.05, 3.63) is 175 Å². The van der Waals surface area contributed by atoms with Crippen molar-refractivity contribution < 1.29 is 28.2 Å². The van der Waals surface area contributed by atoms with Gasteiger partial charge in [-0.2, -0.15) is 10.2 Å². The topological polar surface area (TPSA) is 141 Å². The van der Waals surface area contributed by atoms with Crippen LogP contribution in [0.15, 0.2) is 119 Å². The van der Waals surface area contributed by atoms with Gasteiger partial charge in [0.05, 0.1) is 27.4 Å². The summed E-state index contributed by atoms with van der Waals surface area (Å²) in [5.41, 5.74) is 5.32. The summed E-state index contributed by atoms with van der Waals surface area (Å²) in [5, 5.41) is 9.64. The second kappa shape index (κ2) is 16.7. The van der Waals surface area contributed by atoms with Gasteiger partial charge in [0.1, 0.15) is 17.3 Å². The zero-order chi connectivity index (χ0) is 42.9. The number of esters is 2. The van der Waals surface area contributed by atoms with Gasteiger partial charge in [0, 0.05) is 73.6 Å². The average Bonchev–Trinajstić information content (AvgIpc) is 4.01. The second-order valence-corrected chi connectivity index (χ2v) is 14.9. The van der Waals surface area contributed by atoms with Crippen molar-refractivity contribution >= 4 is 45.3 Å². The molecule has 0 saturated carbocycles. The van der Waals surface area contributed by atoms with Crippen LogP contribution in [0.2, 0.25) is 5.02 Å². The van der Waals surface area contributed by atoms with E-state index in [1.165, 1.54) is 22.2 Å². The summed E-state index contributed by atoms with van der Waals surface area (Å²) in [6.45, 7) is 2.14. The normalized spacial score (nSPS) is 11.3. The van der Waals surface area contributed by atoms with Crippen LogP contribution >= 0.6 is 11.6 Å². The second-order valence-electron chi connectivity index (χ2n) is 14.5. The zero-order valence-electron chi connectivity index (χ0n) is 33.5. The zero-order valence-corrected chi connectivity index (χ0v) is 34.3. The minimum atomic E-state index is -1.02. The third kappa shape index (κ3) is 7.92. The predicted molar refractivity (Wildman–Crippen MR) is 228 cm³/mol. The highest BCUT2D eigenvalue weighted by molar-refractivity contribution is 6.35. The molecule has 0 radical (unpaired) electrons. The largest absolute Gasteiger partial charge is 0.481 e. The first-order valence-corrected chi connectivity index (χ1v) is 19.6. The third-order valence-electron chi connectivity index (χ3n) is 10.7. The van der Waals surface area contributed by atoms with Gasteiger partial charge in [-0.25, -0.2) is 23.3 Å². The van der Waals surface area contributed by atoms with E-state index < -0.39 is 31.0 Å². The van der Waals surface area contributed by atoms with Gasteiger partial charge in [-0.05, 0) is 96.8 Å². The first kappa shape index (κ1) is 40.5. The molecule has 0 bridgehead atoms. The minimum Gasteiger partial charge on any atom is -0.481 e. The van der Waals surface area contributed by atoms with Crippen molar-refractivity contribution in [2.45, 2.75) is 26.7 Å². The van der Waals surface area contributed by atoms with E-state index in [2.05, 4.69) is 10.2 Å². The Balaban J connectivity index is 0.969. The summed E-state index contributed by atoms with van der Waals surface area (Å²) in [7, 11) is 3.09. The smallest absolute Gasteiger partial charge is 0.351 e. The Labute approximate surface area is 352 Å². The van der Waals surface area contributed by atoms with Crippen molar-refractivity contribution in [1.82, 2.24) is 28.7 Å². The van der Waals surface area contributed by atoms with Crippen LogP contribution in [0.1, 0.15) is 33.4 Å². The van der Waals surface area contributed by atoms with Crippen LogP contribution in [0.3, 0.4) is 0 Å². The number of fused-ring (bicyclic) bond motifs is 2. The van der Waals surface area contributed by atoms with Crippen LogP contribution in [0.5, 0.6) is 11.5 Å². The van der Waals surface area contributed by atoms with E-state index in [1.54, 1.807) is 54.8 Å². The number of carbonyl (C=O) groups is 2. The highest BCUT2D eigenvalue weighted by Crippen LogP contribution is 2.35. The summed E-state index contributed by atoms with van der Waals surface area (Å²) < 4.78 is 38.2. The highest BCUT2D eigenvalue weighted by atomic mass is 35.5. The monoisotopic (exact) mass is 840 g/mol. The Kier molecular flexibility index (Phi) is 11.1. The van der Waals surface area contributed by atoms with E-state index in [-0.39, 0.29) is 34.6 Å². The number of aryl methyl sites for hydroxylation is 4. The molecule has 13 nitrogen and oxygen atoms in total. The molecule has 15 heteroatoms. The Morgan fingerprint density at radius 1 is 0.639 bits per heavy atom. The lowest BCUT2D eigenvalue weighted by Crippen LogP contribution is -2.25. The highest BCUT2D eigenvalue weighted by Gasteiger charge is 2.23. The number of aromatic nitrogens is 6. The van der Waals surface area contributed by atoms with Gasteiger partial charge in [0.15, 0.2) is 13.2 Å². The molecule has 0 spiro atoms. The van der Waals surface area contributed by atoms with E-state index in [4.69, 9.17) is 25.8 Å².